The normalized spacial score (nSPS) is 13.5. The van der Waals surface area contributed by atoms with Crippen LogP contribution in [-0.4, -0.2) is 17.4 Å². The standard InChI is InChI=1S/C17H14BrClN2O3/c1-10-7-13(19)8-11-3-2-6-20(16(10)11)17(22)12-4-5-14(18)15(9-12)21(23)24/h4-5,7-9H,2-3,6H2,1H3. The Morgan fingerprint density at radius 2 is 2.08 bits per heavy atom. The van der Waals surface area contributed by atoms with E-state index in [1.807, 2.05) is 19.1 Å². The van der Waals surface area contributed by atoms with Crippen molar-refractivity contribution in [2.75, 3.05) is 11.4 Å². The number of benzene rings is 2. The second-order valence-electron chi connectivity index (χ2n) is 5.71. The van der Waals surface area contributed by atoms with E-state index in [-0.39, 0.29) is 11.6 Å². The molecule has 0 radical (unpaired) electrons. The molecular weight excluding hydrogens is 396 g/mol. The van der Waals surface area contributed by atoms with Crippen LogP contribution in [0, 0.1) is 17.0 Å². The smallest absolute Gasteiger partial charge is 0.284 e. The van der Waals surface area contributed by atoms with Gasteiger partial charge in [-0.15, -0.1) is 0 Å². The van der Waals surface area contributed by atoms with E-state index in [4.69, 9.17) is 11.6 Å². The summed E-state index contributed by atoms with van der Waals surface area (Å²) < 4.78 is 0.353. The Hall–Kier alpha value is -1.92. The summed E-state index contributed by atoms with van der Waals surface area (Å²) in [6.45, 7) is 2.50. The number of nitro benzene ring substituents is 1. The van der Waals surface area contributed by atoms with Crippen molar-refractivity contribution < 1.29 is 9.72 Å². The van der Waals surface area contributed by atoms with E-state index in [9.17, 15) is 14.9 Å². The van der Waals surface area contributed by atoms with Crippen LogP contribution in [0.3, 0.4) is 0 Å². The zero-order valence-electron chi connectivity index (χ0n) is 12.9. The van der Waals surface area contributed by atoms with Crippen molar-refractivity contribution in [1.29, 1.82) is 0 Å². The average molecular weight is 410 g/mol. The highest BCUT2D eigenvalue weighted by Crippen LogP contribution is 2.35. The Bertz CT molecular complexity index is 854. The van der Waals surface area contributed by atoms with Crippen molar-refractivity contribution >= 4 is 44.8 Å². The maximum absolute atomic E-state index is 12.9. The number of carbonyl (C=O) groups is 1. The molecule has 2 aromatic rings. The largest absolute Gasteiger partial charge is 0.308 e. The summed E-state index contributed by atoms with van der Waals surface area (Å²) in [6.07, 6.45) is 1.69. The molecule has 2 aromatic carbocycles. The highest BCUT2D eigenvalue weighted by atomic mass is 79.9. The maximum atomic E-state index is 12.9. The zero-order valence-corrected chi connectivity index (χ0v) is 15.2. The van der Waals surface area contributed by atoms with Gasteiger partial charge in [0, 0.05) is 23.2 Å². The maximum Gasteiger partial charge on any atom is 0.284 e. The summed E-state index contributed by atoms with van der Waals surface area (Å²) >= 11 is 9.26. The van der Waals surface area contributed by atoms with E-state index in [0.717, 1.165) is 29.7 Å². The number of carbonyl (C=O) groups excluding carboxylic acids is 1. The SMILES string of the molecule is Cc1cc(Cl)cc2c1N(C(=O)c1ccc(Br)c([N+](=O)[O-])c1)CCC2. The van der Waals surface area contributed by atoms with Gasteiger partial charge in [-0.1, -0.05) is 11.6 Å². The van der Waals surface area contributed by atoms with Gasteiger partial charge in [0.15, 0.2) is 0 Å². The van der Waals surface area contributed by atoms with Gasteiger partial charge in [-0.3, -0.25) is 14.9 Å². The van der Waals surface area contributed by atoms with Crippen LogP contribution in [0.4, 0.5) is 11.4 Å². The lowest BCUT2D eigenvalue weighted by Gasteiger charge is -2.31. The van der Waals surface area contributed by atoms with Crippen LogP contribution in [0.2, 0.25) is 5.02 Å². The monoisotopic (exact) mass is 408 g/mol. The molecule has 124 valence electrons. The second-order valence-corrected chi connectivity index (χ2v) is 7.00. The molecule has 1 amide bonds. The number of fused-ring (bicyclic) bond motifs is 1. The number of nitro groups is 1. The molecule has 1 heterocycles. The summed E-state index contributed by atoms with van der Waals surface area (Å²) in [5.41, 5.74) is 3.00. The predicted molar refractivity (Wildman–Crippen MR) is 97.0 cm³/mol. The lowest BCUT2D eigenvalue weighted by Crippen LogP contribution is -2.36. The fraction of sp³-hybridized carbons (Fsp3) is 0.235. The Labute approximate surface area is 152 Å². The predicted octanol–water partition coefficient (Wildman–Crippen LogP) is 4.91. The molecular formula is C17H14BrClN2O3. The molecule has 3 rings (SSSR count). The molecule has 0 unspecified atom stereocenters. The third-order valence-electron chi connectivity index (χ3n) is 4.08. The molecule has 5 nitrogen and oxygen atoms in total. The van der Waals surface area contributed by atoms with Gasteiger partial charge in [0.1, 0.15) is 0 Å². The van der Waals surface area contributed by atoms with Gasteiger partial charge in [0.25, 0.3) is 11.6 Å². The molecule has 24 heavy (non-hydrogen) atoms. The minimum Gasteiger partial charge on any atom is -0.308 e. The molecule has 0 atom stereocenters. The molecule has 1 aliphatic heterocycles. The molecule has 0 saturated heterocycles. The van der Waals surface area contributed by atoms with Gasteiger partial charge in [-0.25, -0.2) is 0 Å². The van der Waals surface area contributed by atoms with Gasteiger partial charge in [0.05, 0.1) is 15.1 Å². The molecule has 0 bridgehead atoms. The van der Waals surface area contributed by atoms with Crippen LogP contribution in [-0.2, 0) is 6.42 Å². The first-order valence-electron chi connectivity index (χ1n) is 7.43. The molecule has 0 aliphatic carbocycles. The molecule has 0 N–H and O–H groups in total. The summed E-state index contributed by atoms with van der Waals surface area (Å²) in [6, 6.07) is 8.15. The fourth-order valence-corrected chi connectivity index (χ4v) is 3.75. The number of amides is 1. The Balaban J connectivity index is 2.04. The number of nitrogens with zero attached hydrogens (tertiary/aromatic N) is 2. The van der Waals surface area contributed by atoms with E-state index in [2.05, 4.69) is 15.9 Å². The minimum atomic E-state index is -0.504. The Morgan fingerprint density at radius 1 is 1.33 bits per heavy atom. The molecule has 7 heteroatoms. The Kier molecular flexibility index (Phi) is 4.60. The summed E-state index contributed by atoms with van der Waals surface area (Å²) in [7, 11) is 0. The first kappa shape index (κ1) is 16.9. The van der Waals surface area contributed by atoms with Crippen molar-refractivity contribution in [2.24, 2.45) is 0 Å². The van der Waals surface area contributed by atoms with Crippen molar-refractivity contribution in [3.63, 3.8) is 0 Å². The van der Waals surface area contributed by atoms with Crippen molar-refractivity contribution in [3.8, 4) is 0 Å². The summed E-state index contributed by atoms with van der Waals surface area (Å²) in [5, 5.41) is 11.8. The number of anilines is 1. The van der Waals surface area contributed by atoms with Crippen LogP contribution in [0.25, 0.3) is 0 Å². The first-order chi connectivity index (χ1) is 11.4. The number of hydrogen-bond acceptors (Lipinski definition) is 3. The van der Waals surface area contributed by atoms with Gasteiger partial charge < -0.3 is 4.90 Å². The van der Waals surface area contributed by atoms with Crippen molar-refractivity contribution in [3.05, 3.63) is 66.6 Å². The Morgan fingerprint density at radius 3 is 2.79 bits per heavy atom. The second kappa shape index (κ2) is 6.53. The molecule has 1 aliphatic rings. The van der Waals surface area contributed by atoms with Gasteiger partial charge >= 0.3 is 0 Å². The minimum absolute atomic E-state index is 0.120. The number of aryl methyl sites for hydroxylation is 2. The third kappa shape index (κ3) is 3.03. The van der Waals surface area contributed by atoms with Crippen LogP contribution in [0.15, 0.2) is 34.8 Å². The van der Waals surface area contributed by atoms with Crippen molar-refractivity contribution in [1.82, 2.24) is 0 Å². The van der Waals surface area contributed by atoms with Crippen LogP contribution in [0.1, 0.15) is 27.9 Å². The lowest BCUT2D eigenvalue weighted by atomic mass is 9.97. The topological polar surface area (TPSA) is 63.5 Å². The first-order valence-corrected chi connectivity index (χ1v) is 8.60. The lowest BCUT2D eigenvalue weighted by molar-refractivity contribution is -0.385. The number of hydrogen-bond donors (Lipinski definition) is 0. The van der Waals surface area contributed by atoms with E-state index in [1.165, 1.54) is 12.1 Å². The fourth-order valence-electron chi connectivity index (χ4n) is 3.07. The summed E-state index contributed by atoms with van der Waals surface area (Å²) in [5.74, 6) is -0.239. The van der Waals surface area contributed by atoms with E-state index in [1.54, 1.807) is 11.0 Å². The summed E-state index contributed by atoms with van der Waals surface area (Å²) in [4.78, 5) is 25.2. The third-order valence-corrected chi connectivity index (χ3v) is 4.97. The van der Waals surface area contributed by atoms with E-state index >= 15 is 0 Å². The van der Waals surface area contributed by atoms with E-state index in [0.29, 0.717) is 21.6 Å². The van der Waals surface area contributed by atoms with Gasteiger partial charge in [-0.2, -0.15) is 0 Å². The van der Waals surface area contributed by atoms with Crippen LogP contribution < -0.4 is 4.90 Å². The van der Waals surface area contributed by atoms with Crippen molar-refractivity contribution in [2.45, 2.75) is 19.8 Å². The average Bonchev–Trinajstić information content (AvgIpc) is 2.53. The van der Waals surface area contributed by atoms with Crippen LogP contribution >= 0.6 is 27.5 Å². The molecule has 0 aromatic heterocycles. The van der Waals surface area contributed by atoms with Gasteiger partial charge in [-0.05, 0) is 71.1 Å². The highest BCUT2D eigenvalue weighted by molar-refractivity contribution is 9.10. The zero-order chi connectivity index (χ0) is 17.4. The van der Waals surface area contributed by atoms with E-state index < -0.39 is 4.92 Å². The number of halogens is 2. The quantitative estimate of drug-likeness (QED) is 0.523. The molecule has 0 fully saturated rings. The van der Waals surface area contributed by atoms with Crippen LogP contribution in [0.5, 0.6) is 0 Å². The van der Waals surface area contributed by atoms with Gasteiger partial charge in [0.2, 0.25) is 0 Å². The highest BCUT2D eigenvalue weighted by Gasteiger charge is 2.27. The molecule has 0 spiro atoms. The number of rotatable bonds is 2. The molecule has 0 saturated carbocycles.